The van der Waals surface area contributed by atoms with Gasteiger partial charge in [-0.1, -0.05) is 12.1 Å². The number of carbonyl (C=O) groups is 2. The Morgan fingerprint density at radius 3 is 2.03 bits per heavy atom. The van der Waals surface area contributed by atoms with Gasteiger partial charge >= 0.3 is 12.6 Å². The predicted molar refractivity (Wildman–Crippen MR) is 106 cm³/mol. The summed E-state index contributed by atoms with van der Waals surface area (Å²) in [7, 11) is 0. The summed E-state index contributed by atoms with van der Waals surface area (Å²) in [5.41, 5.74) is 2.79. The van der Waals surface area contributed by atoms with Gasteiger partial charge in [-0.3, -0.25) is 4.79 Å². The van der Waals surface area contributed by atoms with E-state index < -0.39 is 12.6 Å². The van der Waals surface area contributed by atoms with Crippen LogP contribution in [-0.2, 0) is 4.79 Å². The van der Waals surface area contributed by atoms with Gasteiger partial charge < -0.3 is 25.7 Å². The van der Waals surface area contributed by atoms with Gasteiger partial charge in [0.1, 0.15) is 11.6 Å². The van der Waals surface area contributed by atoms with Crippen molar-refractivity contribution in [1.29, 1.82) is 0 Å². The van der Waals surface area contributed by atoms with E-state index in [9.17, 15) is 18.4 Å². The largest absolute Gasteiger partial charge is 0.435 e. The highest BCUT2D eigenvalue weighted by Gasteiger charge is 2.07. The molecule has 0 saturated heterocycles. The standard InChI is InChI=1S/C20H18F2N4O3/c1-12(27)24-18-10-14(11-23-18)13-2-4-15(5-3-13)25-20(28)26-16-6-8-17(9-7-16)29-19(21)22/h2-11,19,23H,1H3,(H,24,27)(H2,25,26,28). The number of carbonyl (C=O) groups excluding carboxylic acids is 2. The van der Waals surface area contributed by atoms with Crippen LogP contribution in [0.15, 0.2) is 60.8 Å². The number of nitrogens with one attached hydrogen (secondary N) is 4. The van der Waals surface area contributed by atoms with Crippen LogP contribution in [0.25, 0.3) is 11.1 Å². The zero-order valence-corrected chi connectivity index (χ0v) is 15.3. The van der Waals surface area contributed by atoms with E-state index in [-0.39, 0.29) is 11.7 Å². The average molecular weight is 400 g/mol. The molecule has 1 aromatic heterocycles. The molecule has 0 aliphatic carbocycles. The summed E-state index contributed by atoms with van der Waals surface area (Å²) in [6.07, 6.45) is 1.77. The van der Waals surface area contributed by atoms with Crippen molar-refractivity contribution in [1.82, 2.24) is 4.98 Å². The topological polar surface area (TPSA) is 95.2 Å². The molecule has 0 bridgehead atoms. The lowest BCUT2D eigenvalue weighted by molar-refractivity contribution is -0.114. The molecular formula is C20H18F2N4O3. The van der Waals surface area contributed by atoms with Crippen LogP contribution in [0.3, 0.4) is 0 Å². The maximum absolute atomic E-state index is 12.1. The van der Waals surface area contributed by atoms with E-state index in [0.717, 1.165) is 11.1 Å². The molecule has 2 aromatic carbocycles. The third kappa shape index (κ3) is 5.80. The van der Waals surface area contributed by atoms with Crippen molar-refractivity contribution in [3.8, 4) is 16.9 Å². The second kappa shape index (κ2) is 8.87. The number of aromatic amines is 1. The van der Waals surface area contributed by atoms with Gasteiger partial charge in [-0.15, -0.1) is 0 Å². The van der Waals surface area contributed by atoms with E-state index in [0.29, 0.717) is 17.2 Å². The Hall–Kier alpha value is -3.88. The van der Waals surface area contributed by atoms with Crippen LogP contribution in [-0.4, -0.2) is 23.5 Å². The second-order valence-corrected chi connectivity index (χ2v) is 6.04. The number of hydrogen-bond donors (Lipinski definition) is 4. The van der Waals surface area contributed by atoms with Gasteiger partial charge in [0.15, 0.2) is 0 Å². The summed E-state index contributed by atoms with van der Waals surface area (Å²) in [5, 5.41) is 7.95. The van der Waals surface area contributed by atoms with Crippen molar-refractivity contribution >= 4 is 29.1 Å². The van der Waals surface area contributed by atoms with Crippen molar-refractivity contribution in [3.05, 3.63) is 60.8 Å². The summed E-state index contributed by atoms with van der Waals surface area (Å²) in [6.45, 7) is -1.47. The molecule has 0 radical (unpaired) electrons. The smallest absolute Gasteiger partial charge is 0.387 e. The molecule has 9 heteroatoms. The fraction of sp³-hybridized carbons (Fsp3) is 0.100. The van der Waals surface area contributed by atoms with Gasteiger partial charge in [0.2, 0.25) is 5.91 Å². The normalized spacial score (nSPS) is 10.5. The molecule has 0 aliphatic heterocycles. The number of urea groups is 1. The number of H-pyrrole nitrogens is 1. The minimum absolute atomic E-state index is 0.00737. The van der Waals surface area contributed by atoms with Gasteiger partial charge in [-0.05, 0) is 48.0 Å². The number of rotatable bonds is 6. The highest BCUT2D eigenvalue weighted by Crippen LogP contribution is 2.24. The van der Waals surface area contributed by atoms with Crippen LogP contribution >= 0.6 is 0 Å². The predicted octanol–water partition coefficient (Wildman–Crippen LogP) is 4.89. The number of amides is 3. The molecule has 1 heterocycles. The Balaban J connectivity index is 1.57. The lowest BCUT2D eigenvalue weighted by Crippen LogP contribution is -2.19. The van der Waals surface area contributed by atoms with Crippen molar-refractivity contribution in [2.75, 3.05) is 16.0 Å². The van der Waals surface area contributed by atoms with Crippen LogP contribution in [0.1, 0.15) is 6.92 Å². The number of aromatic nitrogens is 1. The zero-order valence-electron chi connectivity index (χ0n) is 15.3. The molecule has 0 unspecified atom stereocenters. The Morgan fingerprint density at radius 2 is 1.48 bits per heavy atom. The average Bonchev–Trinajstić information content (AvgIpc) is 3.11. The monoisotopic (exact) mass is 400 g/mol. The molecule has 7 nitrogen and oxygen atoms in total. The van der Waals surface area contributed by atoms with Crippen LogP contribution in [0.2, 0.25) is 0 Å². The molecule has 29 heavy (non-hydrogen) atoms. The first-order valence-corrected chi connectivity index (χ1v) is 8.58. The minimum Gasteiger partial charge on any atom is -0.435 e. The van der Waals surface area contributed by atoms with Crippen molar-refractivity contribution in [2.45, 2.75) is 13.5 Å². The molecule has 0 spiro atoms. The van der Waals surface area contributed by atoms with Crippen LogP contribution in [0.4, 0.5) is 30.8 Å². The van der Waals surface area contributed by atoms with Gasteiger partial charge in [0.05, 0.1) is 0 Å². The number of hydrogen-bond acceptors (Lipinski definition) is 3. The summed E-state index contributed by atoms with van der Waals surface area (Å²) < 4.78 is 28.5. The number of benzene rings is 2. The van der Waals surface area contributed by atoms with Crippen molar-refractivity contribution in [2.24, 2.45) is 0 Å². The first kappa shape index (κ1) is 19.9. The third-order valence-corrected chi connectivity index (χ3v) is 3.81. The van der Waals surface area contributed by atoms with Crippen molar-refractivity contribution in [3.63, 3.8) is 0 Å². The summed E-state index contributed by atoms with van der Waals surface area (Å²) >= 11 is 0. The Kier molecular flexibility index (Phi) is 6.08. The number of halogens is 2. The van der Waals surface area contributed by atoms with Gasteiger partial charge in [-0.25, -0.2) is 4.79 Å². The van der Waals surface area contributed by atoms with E-state index >= 15 is 0 Å². The summed E-state index contributed by atoms with van der Waals surface area (Å²) in [4.78, 5) is 26.1. The van der Waals surface area contributed by atoms with Crippen molar-refractivity contribution < 1.29 is 23.1 Å². The van der Waals surface area contributed by atoms with Crippen LogP contribution in [0, 0.1) is 0 Å². The lowest BCUT2D eigenvalue weighted by atomic mass is 10.1. The lowest BCUT2D eigenvalue weighted by Gasteiger charge is -2.09. The molecule has 3 rings (SSSR count). The summed E-state index contributed by atoms with van der Waals surface area (Å²) in [5.74, 6) is 0.437. The highest BCUT2D eigenvalue weighted by molar-refractivity contribution is 5.99. The molecule has 150 valence electrons. The molecule has 0 fully saturated rings. The van der Waals surface area contributed by atoms with E-state index in [2.05, 4.69) is 25.7 Å². The molecule has 3 amide bonds. The molecule has 3 aromatic rings. The van der Waals surface area contributed by atoms with Gasteiger partial charge in [0, 0.05) is 30.1 Å². The minimum atomic E-state index is -2.90. The van der Waals surface area contributed by atoms with Crippen LogP contribution < -0.4 is 20.7 Å². The number of alkyl halides is 2. The molecular weight excluding hydrogens is 382 g/mol. The maximum atomic E-state index is 12.1. The molecule has 0 aliphatic rings. The Morgan fingerprint density at radius 1 is 0.897 bits per heavy atom. The van der Waals surface area contributed by atoms with E-state index in [1.165, 1.54) is 31.2 Å². The van der Waals surface area contributed by atoms with E-state index in [4.69, 9.17) is 0 Å². The zero-order chi connectivity index (χ0) is 20.8. The van der Waals surface area contributed by atoms with Crippen LogP contribution in [0.5, 0.6) is 5.75 Å². The first-order chi connectivity index (χ1) is 13.9. The Bertz CT molecular complexity index is 986. The highest BCUT2D eigenvalue weighted by atomic mass is 19.3. The quantitative estimate of drug-likeness (QED) is 0.475. The number of anilines is 3. The van der Waals surface area contributed by atoms with Gasteiger partial charge in [0.25, 0.3) is 0 Å². The Labute approximate surface area is 165 Å². The number of ether oxygens (including phenoxy) is 1. The summed E-state index contributed by atoms with van der Waals surface area (Å²) in [6, 6.07) is 14.0. The fourth-order valence-corrected chi connectivity index (χ4v) is 2.58. The van der Waals surface area contributed by atoms with E-state index in [1.54, 1.807) is 24.4 Å². The molecule has 0 saturated carbocycles. The SMILES string of the molecule is CC(=O)Nc1cc(-c2ccc(NC(=O)Nc3ccc(OC(F)F)cc3)cc2)c[nH]1. The second-order valence-electron chi connectivity index (χ2n) is 6.04. The maximum Gasteiger partial charge on any atom is 0.387 e. The third-order valence-electron chi connectivity index (χ3n) is 3.81. The first-order valence-electron chi connectivity index (χ1n) is 8.58. The molecule has 4 N–H and O–H groups in total. The molecule has 0 atom stereocenters. The van der Waals surface area contributed by atoms with Gasteiger partial charge in [-0.2, -0.15) is 8.78 Å². The fourth-order valence-electron chi connectivity index (χ4n) is 2.58. The van der Waals surface area contributed by atoms with E-state index in [1.807, 2.05) is 12.1 Å².